The van der Waals surface area contributed by atoms with Gasteiger partial charge in [0.15, 0.2) is 0 Å². The van der Waals surface area contributed by atoms with Gasteiger partial charge in [0.1, 0.15) is 5.38 Å². The Morgan fingerprint density at radius 2 is 1.55 bits per heavy atom. The molecule has 0 saturated heterocycles. The normalized spacial score (nSPS) is 16.6. The van der Waals surface area contributed by atoms with Gasteiger partial charge in [-0.1, -0.05) is 6.92 Å². The molecule has 0 radical (unpaired) electrons. The number of hydrogen-bond donors (Lipinski definition) is 0. The maximum absolute atomic E-state index is 12.1. The largest absolute Gasteiger partial charge is 0.454 e. The van der Waals surface area contributed by atoms with Gasteiger partial charge in [-0.05, 0) is 6.42 Å². The fourth-order valence-electron chi connectivity index (χ4n) is 0.434. The molecule has 0 aromatic heterocycles. The van der Waals surface area contributed by atoms with E-state index in [1.807, 2.05) is 0 Å². The molecule has 1 atom stereocenters. The molecule has 0 rings (SSSR count). The van der Waals surface area contributed by atoms with Crippen LogP contribution in [0.25, 0.3) is 0 Å². The number of alkyl halides is 6. The van der Waals surface area contributed by atoms with Gasteiger partial charge in [0.05, 0.1) is 0 Å². The first-order valence-electron chi connectivity index (χ1n) is 2.82. The lowest BCUT2D eigenvalue weighted by Crippen LogP contribution is -2.44. The molecule has 0 N–H and O–H groups in total. The topological polar surface area (TPSA) is 0 Å². The summed E-state index contributed by atoms with van der Waals surface area (Å²) in [7, 11) is 0. The molecule has 11 heavy (non-hydrogen) atoms. The zero-order valence-electron chi connectivity index (χ0n) is 5.55. The first kappa shape index (κ1) is 10.9. The van der Waals surface area contributed by atoms with Crippen LogP contribution in [-0.2, 0) is 0 Å². The van der Waals surface area contributed by atoms with Crippen molar-refractivity contribution in [3.63, 3.8) is 0 Å². The van der Waals surface area contributed by atoms with E-state index >= 15 is 0 Å². The summed E-state index contributed by atoms with van der Waals surface area (Å²) in [5.41, 5.74) is 0. The molecule has 0 spiro atoms. The van der Waals surface area contributed by atoms with E-state index in [4.69, 9.17) is 11.6 Å². The Balaban J connectivity index is 4.45. The molecular weight excluding hydrogens is 190 g/mol. The monoisotopic (exact) mass is 196 g/mol. The second-order valence-electron chi connectivity index (χ2n) is 2.00. The van der Waals surface area contributed by atoms with Gasteiger partial charge in [0.25, 0.3) is 0 Å². The Hall–Kier alpha value is -0.0600. The molecular formula is C5H6ClF5. The van der Waals surface area contributed by atoms with Gasteiger partial charge in [-0.15, -0.1) is 11.6 Å². The maximum atomic E-state index is 12.1. The average molecular weight is 197 g/mol. The predicted octanol–water partition coefficient (Wildman–Crippen LogP) is 3.20. The van der Waals surface area contributed by atoms with Crippen LogP contribution < -0.4 is 0 Å². The maximum Gasteiger partial charge on any atom is 0.454 e. The molecule has 0 amide bonds. The van der Waals surface area contributed by atoms with Crippen LogP contribution in [0.2, 0.25) is 0 Å². The predicted molar refractivity (Wildman–Crippen MR) is 30.9 cm³/mol. The fourth-order valence-corrected chi connectivity index (χ4v) is 0.558. The van der Waals surface area contributed by atoms with E-state index in [2.05, 4.69) is 0 Å². The Morgan fingerprint density at radius 1 is 1.18 bits per heavy atom. The summed E-state index contributed by atoms with van der Waals surface area (Å²) >= 11 is 4.77. The second-order valence-corrected chi connectivity index (χ2v) is 2.52. The molecule has 0 heterocycles. The lowest BCUT2D eigenvalue weighted by Gasteiger charge is -2.22. The minimum Gasteiger partial charge on any atom is -0.195 e. The highest BCUT2D eigenvalue weighted by Crippen LogP contribution is 2.41. The van der Waals surface area contributed by atoms with Crippen LogP contribution in [0.3, 0.4) is 0 Å². The van der Waals surface area contributed by atoms with Crippen molar-refractivity contribution in [3.05, 3.63) is 0 Å². The fraction of sp³-hybridized carbons (Fsp3) is 1.00. The van der Waals surface area contributed by atoms with Crippen molar-refractivity contribution < 1.29 is 22.0 Å². The number of hydrogen-bond acceptors (Lipinski definition) is 0. The summed E-state index contributed by atoms with van der Waals surface area (Å²) in [5.74, 6) is -4.79. The summed E-state index contributed by atoms with van der Waals surface area (Å²) in [6.07, 6.45) is -5.97. The van der Waals surface area contributed by atoms with Gasteiger partial charge < -0.3 is 0 Å². The molecule has 0 nitrogen and oxygen atoms in total. The van der Waals surface area contributed by atoms with Crippen LogP contribution in [-0.4, -0.2) is 17.5 Å². The second kappa shape index (κ2) is 3.13. The van der Waals surface area contributed by atoms with Gasteiger partial charge >= 0.3 is 12.1 Å². The first-order chi connectivity index (χ1) is 4.73. The Bertz CT molecular complexity index is 129. The summed E-state index contributed by atoms with van der Waals surface area (Å²) in [4.78, 5) is 0. The summed E-state index contributed by atoms with van der Waals surface area (Å²) in [6, 6.07) is 0. The number of rotatable bonds is 2. The summed E-state index contributed by atoms with van der Waals surface area (Å²) < 4.78 is 58.4. The molecule has 0 fully saturated rings. The standard InChI is InChI=1S/C5H6ClF5/c1-2-3(6)4(7,8)5(9,10)11/h3H,2H2,1H3. The van der Waals surface area contributed by atoms with Crippen LogP contribution in [0.4, 0.5) is 22.0 Å². The van der Waals surface area contributed by atoms with E-state index in [0.29, 0.717) is 0 Å². The summed E-state index contributed by atoms with van der Waals surface area (Å²) in [6.45, 7) is 1.16. The molecule has 0 bridgehead atoms. The van der Waals surface area contributed by atoms with E-state index < -0.39 is 23.9 Å². The Kier molecular flexibility index (Phi) is 3.11. The number of halogens is 6. The summed E-state index contributed by atoms with van der Waals surface area (Å²) in [5, 5.41) is -2.18. The van der Waals surface area contributed by atoms with Crippen molar-refractivity contribution in [2.24, 2.45) is 0 Å². The van der Waals surface area contributed by atoms with E-state index in [-0.39, 0.29) is 0 Å². The van der Waals surface area contributed by atoms with Crippen molar-refractivity contribution in [3.8, 4) is 0 Å². The highest BCUT2D eigenvalue weighted by molar-refractivity contribution is 6.21. The molecule has 68 valence electrons. The van der Waals surface area contributed by atoms with Crippen LogP contribution in [0, 0.1) is 0 Å². The van der Waals surface area contributed by atoms with Gasteiger partial charge in [-0.25, -0.2) is 0 Å². The molecule has 0 aliphatic carbocycles. The van der Waals surface area contributed by atoms with Crippen LogP contribution in [0.15, 0.2) is 0 Å². The van der Waals surface area contributed by atoms with Crippen molar-refractivity contribution in [2.75, 3.05) is 0 Å². The van der Waals surface area contributed by atoms with Crippen molar-refractivity contribution in [1.82, 2.24) is 0 Å². The van der Waals surface area contributed by atoms with Gasteiger partial charge in [0.2, 0.25) is 0 Å². The van der Waals surface area contributed by atoms with Crippen LogP contribution >= 0.6 is 11.6 Å². The Morgan fingerprint density at radius 3 is 1.64 bits per heavy atom. The molecule has 0 aliphatic rings. The van der Waals surface area contributed by atoms with Crippen molar-refractivity contribution in [2.45, 2.75) is 30.8 Å². The molecule has 0 aliphatic heterocycles. The zero-order chi connectivity index (χ0) is 9.28. The van der Waals surface area contributed by atoms with Crippen LogP contribution in [0.5, 0.6) is 0 Å². The lowest BCUT2D eigenvalue weighted by molar-refractivity contribution is -0.282. The minimum atomic E-state index is -5.55. The van der Waals surface area contributed by atoms with E-state index in [1.165, 1.54) is 0 Å². The first-order valence-corrected chi connectivity index (χ1v) is 3.25. The smallest absolute Gasteiger partial charge is 0.195 e. The average Bonchev–Trinajstić information content (AvgIpc) is 1.83. The highest BCUT2D eigenvalue weighted by Gasteiger charge is 2.61. The zero-order valence-corrected chi connectivity index (χ0v) is 6.31. The minimum absolute atomic E-state index is 0.423. The molecule has 0 aromatic carbocycles. The lowest BCUT2D eigenvalue weighted by atomic mass is 10.2. The quantitative estimate of drug-likeness (QED) is 0.470. The van der Waals surface area contributed by atoms with Gasteiger partial charge in [-0.3, -0.25) is 0 Å². The highest BCUT2D eigenvalue weighted by atomic mass is 35.5. The third kappa shape index (κ3) is 2.18. The van der Waals surface area contributed by atoms with E-state index in [0.717, 1.165) is 6.92 Å². The van der Waals surface area contributed by atoms with Crippen LogP contribution in [0.1, 0.15) is 13.3 Å². The van der Waals surface area contributed by atoms with Crippen molar-refractivity contribution in [1.29, 1.82) is 0 Å². The molecule has 1 unspecified atom stereocenters. The molecule has 0 aromatic rings. The van der Waals surface area contributed by atoms with Gasteiger partial charge in [0, 0.05) is 0 Å². The third-order valence-electron chi connectivity index (χ3n) is 1.13. The van der Waals surface area contributed by atoms with Crippen molar-refractivity contribution >= 4 is 11.6 Å². The van der Waals surface area contributed by atoms with E-state index in [1.54, 1.807) is 0 Å². The third-order valence-corrected chi connectivity index (χ3v) is 1.71. The molecule has 0 saturated carbocycles. The van der Waals surface area contributed by atoms with Gasteiger partial charge in [-0.2, -0.15) is 22.0 Å². The molecule has 6 heteroatoms. The van der Waals surface area contributed by atoms with E-state index in [9.17, 15) is 22.0 Å². The Labute approximate surface area is 65.3 Å². The SMILES string of the molecule is CCC(Cl)C(F)(F)C(F)(F)F.